The summed E-state index contributed by atoms with van der Waals surface area (Å²) < 4.78 is 0. The van der Waals surface area contributed by atoms with Gasteiger partial charge in [0.15, 0.2) is 0 Å². The highest BCUT2D eigenvalue weighted by molar-refractivity contribution is 5.16. The average molecular weight is 179 g/mol. The summed E-state index contributed by atoms with van der Waals surface area (Å²) in [6.07, 6.45) is 6.54. The summed E-state index contributed by atoms with van der Waals surface area (Å²) in [6.45, 7) is 5.51. The van der Waals surface area contributed by atoms with Crippen LogP contribution in [-0.4, -0.2) is 49.6 Å². The number of nitrogens with one attached hydrogen (secondary N) is 1. The molecule has 0 amide bonds. The van der Waals surface area contributed by atoms with Gasteiger partial charge in [0.05, 0.1) is 0 Å². The van der Waals surface area contributed by atoms with Crippen LogP contribution in [0.4, 0.5) is 0 Å². The van der Waals surface area contributed by atoms with E-state index in [4.69, 9.17) is 0 Å². The van der Waals surface area contributed by atoms with Crippen molar-refractivity contribution >= 4 is 0 Å². The van der Waals surface area contributed by atoms with E-state index in [1.807, 2.05) is 0 Å². The van der Waals surface area contributed by atoms with Gasteiger partial charge in [-0.1, -0.05) is 12.2 Å². The maximum atomic E-state index is 3.36. The lowest BCUT2D eigenvalue weighted by molar-refractivity contribution is 0.220. The first-order valence-electron chi connectivity index (χ1n) is 4.91. The fourth-order valence-electron chi connectivity index (χ4n) is 1.83. The Morgan fingerprint density at radius 3 is 2.77 bits per heavy atom. The number of hydrogen-bond donors (Lipinski definition) is 1. The number of likely N-dealkylation sites (N-methyl/N-ethyl adjacent to an activating group) is 1. The molecule has 0 bridgehead atoms. The summed E-state index contributed by atoms with van der Waals surface area (Å²) in [4.78, 5) is 4.74. The normalized spacial score (nSPS) is 23.3. The molecular formula is C10H17N3. The Kier molecular flexibility index (Phi) is 2.54. The van der Waals surface area contributed by atoms with Crippen molar-refractivity contribution in [3.05, 3.63) is 24.0 Å². The number of rotatable bonds is 1. The van der Waals surface area contributed by atoms with Gasteiger partial charge in [0.25, 0.3) is 0 Å². The fourth-order valence-corrected chi connectivity index (χ4v) is 1.83. The molecule has 2 heterocycles. The molecular weight excluding hydrogens is 162 g/mol. The molecule has 0 aromatic carbocycles. The van der Waals surface area contributed by atoms with Crippen LogP contribution in [0.5, 0.6) is 0 Å². The van der Waals surface area contributed by atoms with Crippen molar-refractivity contribution in [3.63, 3.8) is 0 Å². The molecule has 0 unspecified atom stereocenters. The molecule has 0 spiro atoms. The van der Waals surface area contributed by atoms with E-state index in [2.05, 4.69) is 40.4 Å². The van der Waals surface area contributed by atoms with Crippen molar-refractivity contribution in [2.75, 3.05) is 39.8 Å². The molecule has 0 aromatic heterocycles. The number of allylic oxidation sites excluding steroid dienone is 2. The molecule has 0 atom stereocenters. The van der Waals surface area contributed by atoms with Crippen LogP contribution in [0.2, 0.25) is 0 Å². The third-order valence-electron chi connectivity index (χ3n) is 2.59. The third-order valence-corrected chi connectivity index (χ3v) is 2.59. The van der Waals surface area contributed by atoms with Gasteiger partial charge in [-0.15, -0.1) is 0 Å². The van der Waals surface area contributed by atoms with E-state index < -0.39 is 0 Å². The van der Waals surface area contributed by atoms with Crippen LogP contribution in [0.15, 0.2) is 24.0 Å². The van der Waals surface area contributed by atoms with Gasteiger partial charge < -0.3 is 15.1 Å². The zero-order chi connectivity index (χ0) is 9.10. The Labute approximate surface area is 79.7 Å². The molecule has 0 saturated carbocycles. The largest absolute Gasteiger partial charge is 0.358 e. The van der Waals surface area contributed by atoms with Crippen molar-refractivity contribution < 1.29 is 0 Å². The van der Waals surface area contributed by atoms with Crippen LogP contribution >= 0.6 is 0 Å². The molecule has 13 heavy (non-hydrogen) atoms. The monoisotopic (exact) mass is 179 g/mol. The topological polar surface area (TPSA) is 18.5 Å². The quantitative estimate of drug-likeness (QED) is 0.622. The smallest absolute Gasteiger partial charge is 0.104 e. The molecule has 1 N–H and O–H groups in total. The van der Waals surface area contributed by atoms with E-state index >= 15 is 0 Å². The molecule has 0 radical (unpaired) electrons. The molecule has 2 aliphatic rings. The van der Waals surface area contributed by atoms with Gasteiger partial charge in [0.2, 0.25) is 0 Å². The minimum absolute atomic E-state index is 1.04. The van der Waals surface area contributed by atoms with Gasteiger partial charge in [0, 0.05) is 39.8 Å². The van der Waals surface area contributed by atoms with E-state index in [9.17, 15) is 0 Å². The number of hydrogen-bond acceptors (Lipinski definition) is 3. The average Bonchev–Trinajstić information content (AvgIpc) is 2.20. The molecule has 3 heteroatoms. The van der Waals surface area contributed by atoms with Crippen molar-refractivity contribution in [3.8, 4) is 0 Å². The zero-order valence-electron chi connectivity index (χ0n) is 8.16. The standard InChI is InChI=1S/C10H17N3/c1-12-7-3-2-4-10(12)13-8-5-11-6-9-13/h2-4,11H,5-9H2,1H3. The summed E-state index contributed by atoms with van der Waals surface area (Å²) in [5.41, 5.74) is 0. The summed E-state index contributed by atoms with van der Waals surface area (Å²) in [5.74, 6) is 1.36. The van der Waals surface area contributed by atoms with Gasteiger partial charge in [-0.05, 0) is 6.08 Å². The first-order valence-corrected chi connectivity index (χ1v) is 4.91. The first-order chi connectivity index (χ1) is 6.38. The zero-order valence-corrected chi connectivity index (χ0v) is 8.16. The van der Waals surface area contributed by atoms with E-state index in [0.717, 1.165) is 32.7 Å². The minimum Gasteiger partial charge on any atom is -0.358 e. The molecule has 0 aromatic rings. The van der Waals surface area contributed by atoms with Crippen LogP contribution in [0, 0.1) is 0 Å². The Morgan fingerprint density at radius 1 is 1.31 bits per heavy atom. The Balaban J connectivity index is 2.04. The molecule has 2 aliphatic heterocycles. The highest BCUT2D eigenvalue weighted by atomic mass is 15.3. The summed E-state index contributed by atoms with van der Waals surface area (Å²) in [6, 6.07) is 0. The van der Waals surface area contributed by atoms with Crippen LogP contribution < -0.4 is 5.32 Å². The molecule has 1 saturated heterocycles. The van der Waals surface area contributed by atoms with E-state index in [0.29, 0.717) is 0 Å². The predicted octanol–water partition coefficient (Wildman–Crippen LogP) is 0.235. The lowest BCUT2D eigenvalue weighted by Crippen LogP contribution is -2.46. The van der Waals surface area contributed by atoms with Gasteiger partial charge in [-0.25, -0.2) is 0 Å². The van der Waals surface area contributed by atoms with Crippen LogP contribution in [0.25, 0.3) is 0 Å². The van der Waals surface area contributed by atoms with Crippen molar-refractivity contribution in [2.45, 2.75) is 0 Å². The minimum atomic E-state index is 1.04. The SMILES string of the molecule is CN1CC=CC=C1N1CCNCC1. The molecule has 2 rings (SSSR count). The highest BCUT2D eigenvalue weighted by Crippen LogP contribution is 2.12. The lowest BCUT2D eigenvalue weighted by atomic mass is 10.3. The van der Waals surface area contributed by atoms with Gasteiger partial charge in [0.1, 0.15) is 5.82 Å². The second kappa shape index (κ2) is 3.83. The van der Waals surface area contributed by atoms with Crippen molar-refractivity contribution in [1.29, 1.82) is 0 Å². The molecule has 3 nitrogen and oxygen atoms in total. The second-order valence-electron chi connectivity index (χ2n) is 3.57. The predicted molar refractivity (Wildman–Crippen MR) is 54.3 cm³/mol. The summed E-state index contributed by atoms with van der Waals surface area (Å²) in [7, 11) is 2.15. The van der Waals surface area contributed by atoms with E-state index in [-0.39, 0.29) is 0 Å². The lowest BCUT2D eigenvalue weighted by Gasteiger charge is -2.37. The van der Waals surface area contributed by atoms with Crippen molar-refractivity contribution in [1.82, 2.24) is 15.1 Å². The first kappa shape index (κ1) is 8.63. The van der Waals surface area contributed by atoms with Crippen LogP contribution in [0.1, 0.15) is 0 Å². The Morgan fingerprint density at radius 2 is 2.08 bits per heavy atom. The maximum absolute atomic E-state index is 3.36. The summed E-state index contributed by atoms with van der Waals surface area (Å²) >= 11 is 0. The number of nitrogens with zero attached hydrogens (tertiary/aromatic N) is 2. The van der Waals surface area contributed by atoms with Gasteiger partial charge in [-0.3, -0.25) is 0 Å². The molecule has 72 valence electrons. The Hall–Kier alpha value is -0.960. The van der Waals surface area contributed by atoms with Crippen LogP contribution in [0.3, 0.4) is 0 Å². The third kappa shape index (κ3) is 1.86. The maximum Gasteiger partial charge on any atom is 0.104 e. The number of piperazine rings is 1. The van der Waals surface area contributed by atoms with Crippen LogP contribution in [-0.2, 0) is 0 Å². The van der Waals surface area contributed by atoms with E-state index in [1.54, 1.807) is 0 Å². The molecule has 0 aliphatic carbocycles. The Bertz CT molecular complexity index is 226. The van der Waals surface area contributed by atoms with Gasteiger partial charge in [-0.2, -0.15) is 0 Å². The van der Waals surface area contributed by atoms with Crippen molar-refractivity contribution in [2.24, 2.45) is 0 Å². The van der Waals surface area contributed by atoms with E-state index in [1.165, 1.54) is 5.82 Å². The highest BCUT2D eigenvalue weighted by Gasteiger charge is 2.16. The summed E-state index contributed by atoms with van der Waals surface area (Å²) in [5, 5.41) is 3.36. The van der Waals surface area contributed by atoms with Gasteiger partial charge >= 0.3 is 0 Å². The molecule has 1 fully saturated rings. The second-order valence-corrected chi connectivity index (χ2v) is 3.57. The fraction of sp³-hybridized carbons (Fsp3) is 0.600.